The van der Waals surface area contributed by atoms with Crippen LogP contribution < -0.4 is 5.32 Å². The topological polar surface area (TPSA) is 94.8 Å². The zero-order valence-corrected chi connectivity index (χ0v) is 10.7. The lowest BCUT2D eigenvalue weighted by Crippen LogP contribution is -2.18. The van der Waals surface area contributed by atoms with Crippen LogP contribution in [-0.2, 0) is 16.4 Å². The Kier molecular flexibility index (Phi) is 10.2. The van der Waals surface area contributed by atoms with Gasteiger partial charge in [0.2, 0.25) is 0 Å². The molecule has 0 aliphatic carbocycles. The monoisotopic (exact) mass is 272 g/mol. The van der Waals surface area contributed by atoms with Crippen molar-refractivity contribution >= 4 is 17.4 Å². The molecular weight excluding hydrogens is 256 g/mol. The van der Waals surface area contributed by atoms with E-state index in [0.717, 1.165) is 11.1 Å². The lowest BCUT2D eigenvalue weighted by atomic mass is 10.1. The summed E-state index contributed by atoms with van der Waals surface area (Å²) in [5, 5.41) is 27.2. The highest BCUT2D eigenvalue weighted by Gasteiger charge is 2.10. The molecule has 1 atom stereocenters. The number of likely N-dealkylation sites (N-methyl/N-ethyl adjacent to an activating group) is 1. The molecule has 0 heterocycles. The summed E-state index contributed by atoms with van der Waals surface area (Å²) < 4.78 is 0. The third kappa shape index (κ3) is 6.53. The fourth-order valence-corrected chi connectivity index (χ4v) is 1.30. The first-order chi connectivity index (χ1) is 8.73. The largest absolute Gasteiger partial charge is 0.317 e. The SMILES string of the molecule is CNCC(OO)c1ccc(COO)cc1.N=C=S. The highest BCUT2D eigenvalue weighted by atomic mass is 32.1. The Morgan fingerprint density at radius 2 is 1.94 bits per heavy atom. The first kappa shape index (κ1) is 16.8. The number of benzene rings is 1. The molecule has 0 saturated heterocycles. The maximum atomic E-state index is 8.68. The van der Waals surface area contributed by atoms with Crippen LogP contribution in [0.1, 0.15) is 17.2 Å². The Hall–Kier alpha value is -1.18. The molecule has 0 amide bonds. The quantitative estimate of drug-likeness (QED) is 0.274. The minimum absolute atomic E-state index is 0.150. The van der Waals surface area contributed by atoms with Gasteiger partial charge >= 0.3 is 0 Å². The van der Waals surface area contributed by atoms with Crippen molar-refractivity contribution in [3.8, 4) is 0 Å². The standard InChI is InChI=1S/C10H15NO4.CHNS/c1-11-6-10(15-13)9-4-2-8(3-5-9)7-14-12;2-1-3/h2-5,10-13H,6-7H2,1H3;2H. The third-order valence-corrected chi connectivity index (χ3v) is 2.10. The Bertz CT molecular complexity index is 353. The smallest absolute Gasteiger partial charge is 0.130 e. The van der Waals surface area contributed by atoms with Crippen LogP contribution in [0.15, 0.2) is 24.3 Å². The van der Waals surface area contributed by atoms with Crippen molar-refractivity contribution in [2.24, 2.45) is 0 Å². The minimum Gasteiger partial charge on any atom is -0.317 e. The van der Waals surface area contributed by atoms with Crippen molar-refractivity contribution < 1.29 is 20.3 Å². The van der Waals surface area contributed by atoms with Crippen molar-refractivity contribution in [1.29, 1.82) is 5.41 Å². The zero-order chi connectivity index (χ0) is 13.8. The predicted molar refractivity (Wildman–Crippen MR) is 69.6 cm³/mol. The normalized spacial score (nSPS) is 11.1. The molecule has 0 aliphatic rings. The van der Waals surface area contributed by atoms with E-state index in [2.05, 4.69) is 27.3 Å². The Morgan fingerprint density at radius 1 is 1.39 bits per heavy atom. The maximum absolute atomic E-state index is 8.68. The van der Waals surface area contributed by atoms with E-state index in [9.17, 15) is 0 Å². The molecule has 6 nitrogen and oxygen atoms in total. The molecule has 0 saturated carbocycles. The Balaban J connectivity index is 0.000000873. The van der Waals surface area contributed by atoms with Crippen molar-refractivity contribution in [2.75, 3.05) is 13.6 Å². The molecule has 0 aromatic heterocycles. The second-order valence-corrected chi connectivity index (χ2v) is 3.47. The van der Waals surface area contributed by atoms with Crippen LogP contribution in [0.4, 0.5) is 0 Å². The van der Waals surface area contributed by atoms with E-state index in [4.69, 9.17) is 15.9 Å². The number of isothiocyanates is 1. The molecule has 1 aromatic rings. The van der Waals surface area contributed by atoms with Crippen LogP contribution in [0.3, 0.4) is 0 Å². The Morgan fingerprint density at radius 3 is 2.33 bits per heavy atom. The van der Waals surface area contributed by atoms with E-state index >= 15 is 0 Å². The number of hydrogen-bond donors (Lipinski definition) is 4. The minimum atomic E-state index is -0.390. The maximum Gasteiger partial charge on any atom is 0.130 e. The number of nitrogens with one attached hydrogen (secondary N) is 2. The lowest BCUT2D eigenvalue weighted by molar-refractivity contribution is -0.280. The lowest BCUT2D eigenvalue weighted by Gasteiger charge is -2.13. The van der Waals surface area contributed by atoms with E-state index in [1.54, 1.807) is 24.3 Å². The third-order valence-electron chi connectivity index (χ3n) is 2.10. The van der Waals surface area contributed by atoms with E-state index in [1.165, 1.54) is 0 Å². The van der Waals surface area contributed by atoms with Crippen LogP contribution in [-0.4, -0.2) is 29.3 Å². The van der Waals surface area contributed by atoms with Gasteiger partial charge in [-0.1, -0.05) is 24.3 Å². The fourth-order valence-electron chi connectivity index (χ4n) is 1.30. The number of rotatable bonds is 6. The second-order valence-electron chi connectivity index (χ2n) is 3.27. The van der Waals surface area contributed by atoms with Gasteiger partial charge in [-0.15, -0.1) is 0 Å². The summed E-state index contributed by atoms with van der Waals surface area (Å²) in [5.74, 6) is 0. The molecule has 7 heteroatoms. The zero-order valence-electron chi connectivity index (χ0n) is 9.92. The van der Waals surface area contributed by atoms with Gasteiger partial charge in [0.15, 0.2) is 0 Å². The average Bonchev–Trinajstić information content (AvgIpc) is 2.38. The Labute approximate surface area is 111 Å². The molecule has 0 radical (unpaired) electrons. The van der Waals surface area contributed by atoms with Gasteiger partial charge in [-0.2, -0.15) is 0 Å². The predicted octanol–water partition coefficient (Wildman–Crippen LogP) is 2.09. The molecular formula is C11H16N2O4S. The van der Waals surface area contributed by atoms with Gasteiger partial charge in [-0.05, 0) is 30.4 Å². The van der Waals surface area contributed by atoms with Gasteiger partial charge < -0.3 is 5.32 Å². The van der Waals surface area contributed by atoms with Crippen LogP contribution in [0.5, 0.6) is 0 Å². The van der Waals surface area contributed by atoms with Crippen LogP contribution in [0.2, 0.25) is 0 Å². The number of thiocarbonyl (C=S) groups is 1. The molecule has 18 heavy (non-hydrogen) atoms. The van der Waals surface area contributed by atoms with Gasteiger partial charge in [0, 0.05) is 6.54 Å². The van der Waals surface area contributed by atoms with Crippen molar-refractivity contribution in [3.63, 3.8) is 0 Å². The van der Waals surface area contributed by atoms with Crippen LogP contribution in [0.25, 0.3) is 0 Å². The molecule has 1 aromatic carbocycles. The van der Waals surface area contributed by atoms with Crippen molar-refractivity contribution in [1.82, 2.24) is 5.32 Å². The summed E-state index contributed by atoms with van der Waals surface area (Å²) in [6, 6.07) is 7.22. The first-order valence-corrected chi connectivity index (χ1v) is 5.48. The molecule has 0 bridgehead atoms. The van der Waals surface area contributed by atoms with Gasteiger partial charge in [0.05, 0.1) is 5.16 Å². The van der Waals surface area contributed by atoms with Gasteiger partial charge in [0.1, 0.15) is 12.7 Å². The average molecular weight is 272 g/mol. The highest BCUT2D eigenvalue weighted by molar-refractivity contribution is 7.78. The first-order valence-electron chi connectivity index (χ1n) is 5.07. The van der Waals surface area contributed by atoms with Gasteiger partial charge in [0.25, 0.3) is 0 Å². The molecule has 4 N–H and O–H groups in total. The van der Waals surface area contributed by atoms with Crippen molar-refractivity contribution in [3.05, 3.63) is 35.4 Å². The molecule has 0 fully saturated rings. The van der Waals surface area contributed by atoms with Crippen LogP contribution >= 0.6 is 12.2 Å². The summed E-state index contributed by atoms with van der Waals surface area (Å²) in [6.45, 7) is 0.670. The summed E-state index contributed by atoms with van der Waals surface area (Å²) in [6.07, 6.45) is -0.390. The van der Waals surface area contributed by atoms with E-state index in [0.29, 0.717) is 6.54 Å². The van der Waals surface area contributed by atoms with E-state index in [1.807, 2.05) is 12.1 Å². The van der Waals surface area contributed by atoms with Crippen LogP contribution in [0, 0.1) is 5.41 Å². The fraction of sp³-hybridized carbons (Fsp3) is 0.364. The van der Waals surface area contributed by atoms with E-state index in [-0.39, 0.29) is 12.7 Å². The van der Waals surface area contributed by atoms with Gasteiger partial charge in [-0.25, -0.2) is 15.2 Å². The van der Waals surface area contributed by atoms with E-state index < -0.39 is 0 Å². The summed E-state index contributed by atoms with van der Waals surface area (Å²) in [5.41, 5.74) is 1.70. The molecule has 1 rings (SSSR count). The highest BCUT2D eigenvalue weighted by Crippen LogP contribution is 2.16. The summed E-state index contributed by atoms with van der Waals surface area (Å²) >= 11 is 3.81. The number of hydrogen-bond acceptors (Lipinski definition) is 7. The molecule has 0 aliphatic heterocycles. The van der Waals surface area contributed by atoms with Crippen molar-refractivity contribution in [2.45, 2.75) is 12.7 Å². The molecule has 1 unspecified atom stereocenters. The summed E-state index contributed by atoms with van der Waals surface area (Å²) in [4.78, 5) is 8.34. The van der Waals surface area contributed by atoms with Gasteiger partial charge in [-0.3, -0.25) is 10.5 Å². The summed E-state index contributed by atoms with van der Waals surface area (Å²) in [7, 11) is 1.78. The molecule has 0 spiro atoms. The second kappa shape index (κ2) is 10.9. The molecule has 100 valence electrons.